The van der Waals surface area contributed by atoms with Gasteiger partial charge in [0.1, 0.15) is 0 Å². The average Bonchev–Trinajstić information content (AvgIpc) is 3.18. The molecule has 2 aliphatic rings. The second-order valence-corrected chi connectivity index (χ2v) is 5.85. The van der Waals surface area contributed by atoms with E-state index in [9.17, 15) is 0 Å². The van der Waals surface area contributed by atoms with Gasteiger partial charge in [-0.1, -0.05) is 19.1 Å². The third-order valence-corrected chi connectivity index (χ3v) is 4.02. The van der Waals surface area contributed by atoms with Crippen molar-refractivity contribution in [1.29, 1.82) is 0 Å². The smallest absolute Gasteiger partial charge is 0.0829 e. The quantitative estimate of drug-likeness (QED) is 0.695. The molecule has 0 aromatic rings. The van der Waals surface area contributed by atoms with Crippen molar-refractivity contribution >= 4 is 17.2 Å². The van der Waals surface area contributed by atoms with E-state index in [1.165, 1.54) is 12.8 Å². The van der Waals surface area contributed by atoms with Crippen molar-refractivity contribution in [2.75, 3.05) is 39.3 Å². The van der Waals surface area contributed by atoms with Gasteiger partial charge in [-0.3, -0.25) is 9.80 Å². The molecule has 1 unspecified atom stereocenters. The molecule has 0 spiro atoms. The fourth-order valence-corrected chi connectivity index (χ4v) is 2.65. The van der Waals surface area contributed by atoms with Gasteiger partial charge >= 0.3 is 0 Å². The fraction of sp³-hybridized carbons (Fsp3) is 0.923. The molecule has 0 radical (unpaired) electrons. The molecule has 1 heterocycles. The number of nitrogens with two attached hydrogens (primary N) is 1. The number of hydrogen-bond donors (Lipinski definition) is 1. The van der Waals surface area contributed by atoms with Crippen molar-refractivity contribution < 1.29 is 4.74 Å². The lowest BCUT2D eigenvalue weighted by molar-refractivity contribution is -0.0425. The Kier molecular flexibility index (Phi) is 5.36. The molecular weight excluding hydrogens is 246 g/mol. The molecule has 18 heavy (non-hydrogen) atoms. The normalized spacial score (nSPS) is 25.6. The summed E-state index contributed by atoms with van der Waals surface area (Å²) in [7, 11) is 0. The molecule has 1 atom stereocenters. The first-order valence-electron chi connectivity index (χ1n) is 7.05. The number of nitrogens with zero attached hydrogens (tertiary/aromatic N) is 2. The Morgan fingerprint density at radius 2 is 2.28 bits per heavy atom. The number of ether oxygens (including phenoxy) is 1. The standard InChI is InChI=1S/C13H25N3OS/c1-2-15-7-8-17-12(9-15)10-16(11-3-4-11)6-5-13(14)18/h11-12H,2-10H2,1H3,(H2,14,18). The van der Waals surface area contributed by atoms with Crippen LogP contribution in [0.15, 0.2) is 0 Å². The van der Waals surface area contributed by atoms with Gasteiger partial charge in [0.25, 0.3) is 0 Å². The largest absolute Gasteiger partial charge is 0.393 e. The average molecular weight is 271 g/mol. The van der Waals surface area contributed by atoms with E-state index in [0.29, 0.717) is 11.1 Å². The lowest BCUT2D eigenvalue weighted by Gasteiger charge is -2.35. The van der Waals surface area contributed by atoms with Crippen molar-refractivity contribution in [2.45, 2.75) is 38.3 Å². The molecule has 104 valence electrons. The second kappa shape index (κ2) is 6.80. The third kappa shape index (κ3) is 4.46. The van der Waals surface area contributed by atoms with Gasteiger partial charge in [-0.25, -0.2) is 0 Å². The lowest BCUT2D eigenvalue weighted by atomic mass is 10.2. The van der Waals surface area contributed by atoms with E-state index in [1.54, 1.807) is 0 Å². The SMILES string of the molecule is CCN1CCOC(CN(CCC(N)=S)C2CC2)C1. The van der Waals surface area contributed by atoms with Crippen LogP contribution in [0.4, 0.5) is 0 Å². The molecule has 2 fully saturated rings. The Labute approximate surface area is 115 Å². The molecule has 1 aliphatic carbocycles. The predicted molar refractivity (Wildman–Crippen MR) is 77.9 cm³/mol. The summed E-state index contributed by atoms with van der Waals surface area (Å²) in [5.74, 6) is 0. The summed E-state index contributed by atoms with van der Waals surface area (Å²) in [4.78, 5) is 5.61. The number of rotatable bonds is 7. The molecule has 1 aliphatic heterocycles. The van der Waals surface area contributed by atoms with Gasteiger partial charge in [-0.15, -0.1) is 0 Å². The second-order valence-electron chi connectivity index (χ2n) is 5.33. The summed E-state index contributed by atoms with van der Waals surface area (Å²) in [6.45, 7) is 8.36. The van der Waals surface area contributed by atoms with Gasteiger partial charge in [-0.2, -0.15) is 0 Å². The summed E-state index contributed by atoms with van der Waals surface area (Å²) in [5, 5.41) is 0. The molecule has 0 aromatic heterocycles. The highest BCUT2D eigenvalue weighted by molar-refractivity contribution is 7.80. The molecule has 1 saturated heterocycles. The molecular formula is C13H25N3OS. The van der Waals surface area contributed by atoms with Crippen LogP contribution < -0.4 is 5.73 Å². The van der Waals surface area contributed by atoms with Crippen molar-refractivity contribution in [1.82, 2.24) is 9.80 Å². The summed E-state index contributed by atoms with van der Waals surface area (Å²) < 4.78 is 5.88. The van der Waals surface area contributed by atoms with Crippen molar-refractivity contribution in [3.05, 3.63) is 0 Å². The van der Waals surface area contributed by atoms with Crippen LogP contribution in [0.3, 0.4) is 0 Å². The molecule has 2 rings (SSSR count). The topological polar surface area (TPSA) is 41.7 Å². The highest BCUT2D eigenvalue weighted by Crippen LogP contribution is 2.27. The Morgan fingerprint density at radius 3 is 2.89 bits per heavy atom. The van der Waals surface area contributed by atoms with E-state index in [4.69, 9.17) is 22.7 Å². The maximum atomic E-state index is 5.88. The summed E-state index contributed by atoms with van der Waals surface area (Å²) in [6, 6.07) is 0.750. The van der Waals surface area contributed by atoms with E-state index < -0.39 is 0 Å². The first-order valence-corrected chi connectivity index (χ1v) is 7.46. The fourth-order valence-electron chi connectivity index (χ4n) is 2.56. The van der Waals surface area contributed by atoms with Crippen molar-refractivity contribution in [2.24, 2.45) is 5.73 Å². The Hall–Kier alpha value is -0.230. The Morgan fingerprint density at radius 1 is 1.50 bits per heavy atom. The molecule has 0 bridgehead atoms. The third-order valence-electron chi connectivity index (χ3n) is 3.82. The van der Waals surface area contributed by atoms with Gasteiger partial charge < -0.3 is 10.5 Å². The maximum Gasteiger partial charge on any atom is 0.0829 e. The van der Waals surface area contributed by atoms with Gasteiger partial charge in [0.2, 0.25) is 0 Å². The first-order chi connectivity index (χ1) is 8.69. The highest BCUT2D eigenvalue weighted by atomic mass is 32.1. The number of morpholine rings is 1. The summed E-state index contributed by atoms with van der Waals surface area (Å²) in [6.07, 6.45) is 3.82. The Balaban J connectivity index is 1.78. The van der Waals surface area contributed by atoms with Gasteiger partial charge in [0.15, 0.2) is 0 Å². The molecule has 2 N–H and O–H groups in total. The Bertz CT molecular complexity index is 283. The highest BCUT2D eigenvalue weighted by Gasteiger charge is 2.31. The number of likely N-dealkylation sites (N-methyl/N-ethyl adjacent to an activating group) is 1. The van der Waals surface area contributed by atoms with E-state index in [1.807, 2.05) is 0 Å². The van der Waals surface area contributed by atoms with E-state index in [0.717, 1.165) is 51.8 Å². The minimum atomic E-state index is 0.352. The minimum absolute atomic E-state index is 0.352. The van der Waals surface area contributed by atoms with E-state index >= 15 is 0 Å². The summed E-state index contributed by atoms with van der Waals surface area (Å²) >= 11 is 4.97. The van der Waals surface area contributed by atoms with Crippen LogP contribution in [-0.2, 0) is 4.74 Å². The first kappa shape index (κ1) is 14.2. The van der Waals surface area contributed by atoms with Crippen LogP contribution in [0.25, 0.3) is 0 Å². The predicted octanol–water partition coefficient (Wildman–Crippen LogP) is 0.848. The molecule has 5 heteroatoms. The zero-order valence-corrected chi connectivity index (χ0v) is 12.1. The molecule has 4 nitrogen and oxygen atoms in total. The lowest BCUT2D eigenvalue weighted by Crippen LogP contribution is -2.48. The van der Waals surface area contributed by atoms with Crippen LogP contribution in [0, 0.1) is 0 Å². The van der Waals surface area contributed by atoms with Crippen LogP contribution in [0.5, 0.6) is 0 Å². The van der Waals surface area contributed by atoms with Crippen molar-refractivity contribution in [3.8, 4) is 0 Å². The molecule has 0 aromatic carbocycles. The monoisotopic (exact) mass is 271 g/mol. The van der Waals surface area contributed by atoms with Gasteiger partial charge in [0, 0.05) is 38.6 Å². The minimum Gasteiger partial charge on any atom is -0.393 e. The van der Waals surface area contributed by atoms with Gasteiger partial charge in [-0.05, 0) is 19.4 Å². The summed E-state index contributed by atoms with van der Waals surface area (Å²) in [5.41, 5.74) is 5.60. The van der Waals surface area contributed by atoms with Crippen LogP contribution in [0.1, 0.15) is 26.2 Å². The maximum absolute atomic E-state index is 5.88. The van der Waals surface area contributed by atoms with Crippen LogP contribution in [0.2, 0.25) is 0 Å². The zero-order chi connectivity index (χ0) is 13.0. The molecule has 1 saturated carbocycles. The van der Waals surface area contributed by atoms with Crippen LogP contribution in [-0.4, -0.2) is 66.3 Å². The van der Waals surface area contributed by atoms with Crippen LogP contribution >= 0.6 is 12.2 Å². The zero-order valence-electron chi connectivity index (χ0n) is 11.3. The number of thiocarbonyl (C=S) groups is 1. The van der Waals surface area contributed by atoms with E-state index in [2.05, 4.69) is 16.7 Å². The van der Waals surface area contributed by atoms with Gasteiger partial charge in [0.05, 0.1) is 17.7 Å². The molecule has 0 amide bonds. The van der Waals surface area contributed by atoms with E-state index in [-0.39, 0.29) is 0 Å². The van der Waals surface area contributed by atoms with Crippen molar-refractivity contribution in [3.63, 3.8) is 0 Å². The number of hydrogen-bond acceptors (Lipinski definition) is 4.